The molecule has 0 aromatic carbocycles. The number of hydrogen-bond donors (Lipinski definition) is 13. The van der Waals surface area contributed by atoms with E-state index >= 15 is 14.4 Å². The second kappa shape index (κ2) is 41.6. The van der Waals surface area contributed by atoms with Gasteiger partial charge in [0.1, 0.15) is 97.3 Å². The molecular formula is C88H144N2O31. The Labute approximate surface area is 710 Å². The summed E-state index contributed by atoms with van der Waals surface area (Å²) >= 11 is 0. The molecule has 0 spiro atoms. The van der Waals surface area contributed by atoms with Gasteiger partial charge in [-0.3, -0.25) is 24.0 Å². The van der Waals surface area contributed by atoms with E-state index in [0.29, 0.717) is 103 Å². The van der Waals surface area contributed by atoms with Gasteiger partial charge in [-0.05, 0) is 169 Å². The molecule has 4 heterocycles. The highest BCUT2D eigenvalue weighted by molar-refractivity contribution is 5.87. The van der Waals surface area contributed by atoms with Crippen LogP contribution in [0.4, 0.5) is 0 Å². The summed E-state index contributed by atoms with van der Waals surface area (Å²) < 4.78 is 86.5. The normalized spacial score (nSPS) is 44.7. The van der Waals surface area contributed by atoms with Gasteiger partial charge in [0, 0.05) is 37.9 Å². The van der Waals surface area contributed by atoms with Crippen molar-refractivity contribution in [2.45, 2.75) is 394 Å². The smallest absolute Gasteiger partial charge is 0.332 e. The Bertz CT molecular complexity index is 3390. The van der Waals surface area contributed by atoms with E-state index in [-0.39, 0.29) is 80.1 Å². The van der Waals surface area contributed by atoms with Crippen molar-refractivity contribution in [3.05, 3.63) is 0 Å². The largest absolute Gasteiger partial charge is 0.481 e. The molecule has 121 heavy (non-hydrogen) atoms. The highest BCUT2D eigenvalue weighted by atomic mass is 16.8. The standard InChI is InChI=1S/C88H144N2O31/c1-11-45-25-19-27-53(73(45)120-85-71(100)69(98)65(94)42(4)110-85)114-83-63(75(67(96)57(39-91)116-83)112-56(79(103)104)35-44-21-15-13-16-22-44)81(107)113-55-37-48-36-49(89)33-34-87(48,6)52-38-59(88(7)50(30-31-51(88)62(52)55)41(3)29-32-60(93)109-10)118-82(108)64-76(119-77(78(102)90(8)9)61(80(105)106)47-23-17-14-18-24-47)68(97)58(40-92)117-84(64)115-54-28-20-26-46(12-2)74(54)121-86-72(101)70(99)66(95)43(5)111-86/h41-59,61-77,83-86,91-92,94-101H,11-40,89H2,1-10H3,(H,103,104)(H,105,106)/t41-,42?,43?,45?,46?,48-,49-,50+,51-,52-,53+,54-,55-,56-,57+,58+,59-,61?,62-,63-,64+,65?,66?,67-,68-,69?,70?,71?,72?,73+,74+,75+,76+,77-,83+,84+,85?,86?,87-,88+/m0/s1. The van der Waals surface area contributed by atoms with Gasteiger partial charge < -0.3 is 133 Å². The third kappa shape index (κ3) is 20.4. The number of rotatable bonds is 31. The molecule has 12 rings (SSSR count). The number of aliphatic hydroxyl groups excluding tert-OH is 10. The maximum Gasteiger partial charge on any atom is 0.332 e. The molecule has 33 heteroatoms. The van der Waals surface area contributed by atoms with Crippen LogP contribution in [0.15, 0.2) is 0 Å². The van der Waals surface area contributed by atoms with Gasteiger partial charge in [-0.25, -0.2) is 4.79 Å². The van der Waals surface area contributed by atoms with E-state index in [4.69, 9.17) is 67.3 Å². The van der Waals surface area contributed by atoms with Crippen molar-refractivity contribution in [1.29, 1.82) is 0 Å². The van der Waals surface area contributed by atoms with Crippen molar-refractivity contribution in [3.8, 4) is 0 Å². The molecule has 8 saturated carbocycles. The predicted molar refractivity (Wildman–Crippen MR) is 427 cm³/mol. The van der Waals surface area contributed by atoms with Crippen LogP contribution < -0.4 is 5.73 Å². The molecule has 1 amide bonds. The van der Waals surface area contributed by atoms with Gasteiger partial charge in [-0.15, -0.1) is 0 Å². The minimum Gasteiger partial charge on any atom is -0.481 e. The number of aliphatic carboxylic acids is 2. The number of carbonyl (C=O) groups is 6. The molecule has 4 saturated heterocycles. The molecule has 0 aromatic rings. The van der Waals surface area contributed by atoms with Gasteiger partial charge in [0.15, 0.2) is 37.4 Å². The zero-order valence-electron chi connectivity index (χ0n) is 72.5. The van der Waals surface area contributed by atoms with Crippen LogP contribution in [0.5, 0.6) is 0 Å². The van der Waals surface area contributed by atoms with Crippen LogP contribution in [0.2, 0.25) is 0 Å². The van der Waals surface area contributed by atoms with E-state index in [1.807, 2.05) is 27.7 Å². The van der Waals surface area contributed by atoms with Crippen LogP contribution in [-0.4, -0.2) is 302 Å². The number of ether oxygens (including phenoxy) is 13. The van der Waals surface area contributed by atoms with Gasteiger partial charge in [0.05, 0.1) is 62.9 Å². The fourth-order valence-electron chi connectivity index (χ4n) is 24.5. The minimum atomic E-state index is -1.98. The average molecular weight is 1730 g/mol. The van der Waals surface area contributed by atoms with Crippen LogP contribution >= 0.6 is 0 Å². The molecule has 40 atom stereocenters. The fourth-order valence-corrected chi connectivity index (χ4v) is 24.5. The maximum atomic E-state index is 17.1. The molecule has 0 aromatic heterocycles. The minimum absolute atomic E-state index is 0.0220. The summed E-state index contributed by atoms with van der Waals surface area (Å²) in [5, 5.41) is 137. The molecule has 13 unspecified atom stereocenters. The molecule has 4 aliphatic heterocycles. The van der Waals surface area contributed by atoms with Crippen molar-refractivity contribution < 1.29 is 152 Å². The van der Waals surface area contributed by atoms with Crippen molar-refractivity contribution in [1.82, 2.24) is 4.90 Å². The van der Waals surface area contributed by atoms with Crippen molar-refractivity contribution in [3.63, 3.8) is 0 Å². The number of methoxy groups -OCH3 is 1. The molecule has 12 aliphatic rings. The summed E-state index contributed by atoms with van der Waals surface area (Å²) in [5.41, 5.74) is 5.26. The highest BCUT2D eigenvalue weighted by Crippen LogP contribution is 2.70. The van der Waals surface area contributed by atoms with E-state index in [2.05, 4.69) is 6.92 Å². The summed E-state index contributed by atoms with van der Waals surface area (Å²) in [6.07, 6.45) is -24.0. The topological polar surface area (TPSA) is 494 Å². The summed E-state index contributed by atoms with van der Waals surface area (Å²) in [7, 11) is 4.19. The molecule has 12 fully saturated rings. The Morgan fingerprint density at radius 2 is 1.06 bits per heavy atom. The summed E-state index contributed by atoms with van der Waals surface area (Å²) in [4.78, 5) is 91.0. The molecule has 33 nitrogen and oxygen atoms in total. The second-order valence-electron chi connectivity index (χ2n) is 38.8. The zero-order chi connectivity index (χ0) is 87.5. The van der Waals surface area contributed by atoms with Crippen molar-refractivity contribution in [2.24, 2.45) is 93.5 Å². The molecule has 14 N–H and O–H groups in total. The molecule has 692 valence electrons. The number of carbonyl (C=O) groups excluding carboxylic acids is 4. The van der Waals surface area contributed by atoms with Crippen LogP contribution in [0.1, 0.15) is 228 Å². The summed E-state index contributed by atoms with van der Waals surface area (Å²) in [6.45, 7) is 11.5. The van der Waals surface area contributed by atoms with Gasteiger partial charge in [-0.2, -0.15) is 0 Å². The van der Waals surface area contributed by atoms with E-state index in [1.165, 1.54) is 40.0 Å². The number of hydrogen-bond acceptors (Lipinski definition) is 30. The molecular weight excluding hydrogens is 1580 g/mol. The third-order valence-electron chi connectivity index (χ3n) is 31.6. The number of carboxylic acids is 2. The lowest BCUT2D eigenvalue weighted by atomic mass is 9.43. The number of nitrogens with two attached hydrogens (primary N) is 1. The number of aliphatic hydroxyl groups is 10. The Balaban J connectivity index is 0.959. The van der Waals surface area contributed by atoms with E-state index in [0.717, 1.165) is 38.5 Å². The molecule has 0 bridgehead atoms. The van der Waals surface area contributed by atoms with Crippen LogP contribution in [0, 0.1) is 87.8 Å². The number of fused-ring (bicyclic) bond motifs is 5. The lowest BCUT2D eigenvalue weighted by Crippen LogP contribution is -2.66. The van der Waals surface area contributed by atoms with Gasteiger partial charge in [0.2, 0.25) is 0 Å². The summed E-state index contributed by atoms with van der Waals surface area (Å²) in [5.74, 6) is -15.0. The Morgan fingerprint density at radius 3 is 1.55 bits per heavy atom. The Morgan fingerprint density at radius 1 is 0.537 bits per heavy atom. The number of amides is 1. The van der Waals surface area contributed by atoms with E-state index in [1.54, 1.807) is 0 Å². The average Bonchev–Trinajstić information content (AvgIpc) is 1.57. The fraction of sp³-hybridized carbons (Fsp3) is 0.932. The van der Waals surface area contributed by atoms with E-state index < -0.39 is 261 Å². The predicted octanol–water partition coefficient (Wildman–Crippen LogP) is 4.54. The first-order chi connectivity index (χ1) is 57.6. The SMILES string of the molecule is CCC1CCC[C@H](O[C@@H]2O[C@H](CO)[C@H](O)[C@H](O[C@H](C(=O)N(C)C)C(C(=O)O)C3CCCCC3)[C@@H]2C(=O)O[C@H]2C[C@H]3[C@@H]([C@@H](OC(=O)[C@H]4[C@H](O[C@@H]5CCCC(CC)[C@H]5OC5OC(C)C(O)C(O)C5O)O[C@H](CO)[C@H](O)[C@@H]4O[C@@H](CC4CCCCC4)C(=O)O)C[C@@H]4C[C@@H](N)CC[C@@]43C)[C@@H]3CC[C@H]([C@@H](C)CCC(=O)OC)[C@@]23C)[C@@H]1OC1OC(C)C(O)C(O)C1O. The molecule has 0 radical (unpaired) electrons. The maximum absolute atomic E-state index is 17.1. The number of carboxylic acid groups (broad SMARTS) is 2. The van der Waals surface area contributed by atoms with Gasteiger partial charge >= 0.3 is 29.8 Å². The van der Waals surface area contributed by atoms with Crippen molar-refractivity contribution >= 4 is 35.8 Å². The molecule has 8 aliphatic carbocycles. The lowest BCUT2D eigenvalue weighted by molar-refractivity contribution is -0.343. The first kappa shape index (κ1) is 96.1. The number of nitrogens with zero attached hydrogens (tertiary/aromatic N) is 1. The van der Waals surface area contributed by atoms with E-state index in [9.17, 15) is 75.7 Å². The quantitative estimate of drug-likeness (QED) is 0.0334. The lowest BCUT2D eigenvalue weighted by Gasteiger charge is -2.64. The third-order valence-corrected chi connectivity index (χ3v) is 31.6. The number of likely N-dealkylation sites (N-methyl/N-ethyl adjacent to an activating group) is 1. The first-order valence-corrected chi connectivity index (χ1v) is 45.7. The Kier molecular flexibility index (Phi) is 33.0. The summed E-state index contributed by atoms with van der Waals surface area (Å²) in [6, 6.07) is -0.305. The number of esters is 3. The van der Waals surface area contributed by atoms with Gasteiger partial charge in [0.25, 0.3) is 5.91 Å². The van der Waals surface area contributed by atoms with Crippen LogP contribution in [-0.2, 0) is 90.3 Å². The first-order valence-electron chi connectivity index (χ1n) is 45.7. The van der Waals surface area contributed by atoms with Crippen LogP contribution in [0.25, 0.3) is 0 Å². The Hall–Kier alpha value is -4.02. The van der Waals surface area contributed by atoms with Gasteiger partial charge in [-0.1, -0.05) is 112 Å². The zero-order valence-corrected chi connectivity index (χ0v) is 72.5. The van der Waals surface area contributed by atoms with Crippen LogP contribution in [0.3, 0.4) is 0 Å². The highest BCUT2D eigenvalue weighted by Gasteiger charge is 2.70. The van der Waals surface area contributed by atoms with Crippen molar-refractivity contribution in [2.75, 3.05) is 34.4 Å². The monoisotopic (exact) mass is 1720 g/mol. The second-order valence-corrected chi connectivity index (χ2v) is 38.8.